The number of carbonyl (C=O) groups is 3. The number of benzene rings is 1. The zero-order chi connectivity index (χ0) is 20.4. The molecular formula is C21H25N5O3. The Morgan fingerprint density at radius 3 is 2.38 bits per heavy atom. The average molecular weight is 395 g/mol. The maximum absolute atomic E-state index is 13.0. The molecule has 2 aliphatic heterocycles. The Kier molecular flexibility index (Phi) is 5.33. The first-order chi connectivity index (χ1) is 14.0. The predicted molar refractivity (Wildman–Crippen MR) is 109 cm³/mol. The van der Waals surface area contributed by atoms with E-state index in [0.717, 1.165) is 50.9 Å². The molecular weight excluding hydrogens is 370 g/mol. The van der Waals surface area contributed by atoms with Crippen LogP contribution in [0.4, 0.5) is 11.4 Å². The molecule has 0 bridgehead atoms. The van der Waals surface area contributed by atoms with Crippen molar-refractivity contribution in [2.24, 2.45) is 0 Å². The van der Waals surface area contributed by atoms with E-state index in [9.17, 15) is 14.4 Å². The van der Waals surface area contributed by atoms with Gasteiger partial charge in [0, 0.05) is 37.9 Å². The zero-order valence-corrected chi connectivity index (χ0v) is 16.5. The first kappa shape index (κ1) is 19.2. The molecule has 2 aliphatic rings. The van der Waals surface area contributed by atoms with Gasteiger partial charge in [-0.1, -0.05) is 6.07 Å². The van der Waals surface area contributed by atoms with Crippen LogP contribution in [0.3, 0.4) is 0 Å². The average Bonchev–Trinajstić information content (AvgIpc) is 3.36. The normalized spacial score (nSPS) is 15.7. The fraction of sp³-hybridized carbons (Fsp3) is 0.429. The first-order valence-corrected chi connectivity index (χ1v) is 10.1. The minimum atomic E-state index is -0.353. The quantitative estimate of drug-likeness (QED) is 0.832. The van der Waals surface area contributed by atoms with Crippen molar-refractivity contribution in [3.05, 3.63) is 41.5 Å². The summed E-state index contributed by atoms with van der Waals surface area (Å²) in [4.78, 5) is 43.5. The lowest BCUT2D eigenvalue weighted by Crippen LogP contribution is -2.29. The third-order valence-electron chi connectivity index (χ3n) is 5.36. The van der Waals surface area contributed by atoms with E-state index in [-0.39, 0.29) is 23.5 Å². The summed E-state index contributed by atoms with van der Waals surface area (Å²) in [6.07, 6.45) is 4.73. The molecule has 1 aromatic heterocycles. The summed E-state index contributed by atoms with van der Waals surface area (Å²) in [5.74, 6) is -0.332. The number of rotatable bonds is 4. The van der Waals surface area contributed by atoms with Crippen molar-refractivity contribution in [2.75, 3.05) is 23.7 Å². The number of carbonyl (C=O) groups excluding carboxylic acids is 3. The number of nitrogens with zero attached hydrogens (tertiary/aromatic N) is 3. The molecule has 8 nitrogen and oxygen atoms in total. The van der Waals surface area contributed by atoms with E-state index in [1.165, 1.54) is 6.92 Å². The minimum absolute atomic E-state index is 0.0696. The van der Waals surface area contributed by atoms with Gasteiger partial charge in [-0.2, -0.15) is 0 Å². The molecule has 4 rings (SSSR count). The highest BCUT2D eigenvalue weighted by atomic mass is 16.2. The molecule has 0 unspecified atom stereocenters. The molecule has 0 saturated carbocycles. The van der Waals surface area contributed by atoms with Crippen LogP contribution in [0.15, 0.2) is 24.3 Å². The number of aromatic nitrogens is 2. The molecule has 0 spiro atoms. The summed E-state index contributed by atoms with van der Waals surface area (Å²) in [5, 5.41) is 5.54. The Bertz CT molecular complexity index is 959. The van der Waals surface area contributed by atoms with Crippen molar-refractivity contribution in [3.63, 3.8) is 0 Å². The van der Waals surface area contributed by atoms with Crippen LogP contribution in [0, 0.1) is 0 Å². The lowest BCUT2D eigenvalue weighted by molar-refractivity contribution is -0.114. The van der Waals surface area contributed by atoms with Crippen molar-refractivity contribution >= 4 is 29.1 Å². The molecule has 3 amide bonds. The number of anilines is 2. The van der Waals surface area contributed by atoms with Gasteiger partial charge in [0.2, 0.25) is 5.91 Å². The molecule has 0 aliphatic carbocycles. The van der Waals surface area contributed by atoms with E-state index < -0.39 is 0 Å². The van der Waals surface area contributed by atoms with E-state index in [1.807, 2.05) is 9.47 Å². The second kappa shape index (κ2) is 8.06. The summed E-state index contributed by atoms with van der Waals surface area (Å²) < 4.78 is 1.89. The predicted octanol–water partition coefficient (Wildman–Crippen LogP) is 2.67. The standard InChI is InChI=1S/C21H25N5O3/c1-14(27)22-15-7-6-8-16(13-15)23-20(28)19-24-18(17-9-2-3-12-26(17)19)21(29)25-10-4-5-11-25/h6-8,13H,2-5,9-12H2,1H3,(H,22,27)(H,23,28). The molecule has 1 fully saturated rings. The molecule has 2 N–H and O–H groups in total. The van der Waals surface area contributed by atoms with Gasteiger partial charge in [0.15, 0.2) is 5.82 Å². The topological polar surface area (TPSA) is 96.3 Å². The minimum Gasteiger partial charge on any atom is -0.337 e. The van der Waals surface area contributed by atoms with Gasteiger partial charge >= 0.3 is 0 Å². The van der Waals surface area contributed by atoms with E-state index in [2.05, 4.69) is 15.6 Å². The van der Waals surface area contributed by atoms with Gasteiger partial charge in [-0.05, 0) is 50.3 Å². The number of nitrogens with one attached hydrogen (secondary N) is 2. The van der Waals surface area contributed by atoms with Gasteiger partial charge in [0.1, 0.15) is 5.69 Å². The molecule has 3 heterocycles. The summed E-state index contributed by atoms with van der Waals surface area (Å²) >= 11 is 0. The monoisotopic (exact) mass is 395 g/mol. The van der Waals surface area contributed by atoms with Crippen LogP contribution >= 0.6 is 0 Å². The summed E-state index contributed by atoms with van der Waals surface area (Å²) in [5.41, 5.74) is 2.45. The van der Waals surface area contributed by atoms with Crippen molar-refractivity contribution in [2.45, 2.75) is 45.6 Å². The maximum Gasteiger partial charge on any atom is 0.291 e. The molecule has 152 valence electrons. The van der Waals surface area contributed by atoms with Crippen LogP contribution in [0.2, 0.25) is 0 Å². The molecule has 2 aromatic rings. The molecule has 0 atom stereocenters. The maximum atomic E-state index is 13.0. The van der Waals surface area contributed by atoms with Gasteiger partial charge in [0.25, 0.3) is 11.8 Å². The first-order valence-electron chi connectivity index (χ1n) is 10.1. The Morgan fingerprint density at radius 1 is 0.966 bits per heavy atom. The molecule has 8 heteroatoms. The van der Waals surface area contributed by atoms with Crippen LogP contribution in [0.25, 0.3) is 0 Å². The smallest absolute Gasteiger partial charge is 0.291 e. The highest BCUT2D eigenvalue weighted by Crippen LogP contribution is 2.24. The van der Waals surface area contributed by atoms with Gasteiger partial charge in [0.05, 0.1) is 5.69 Å². The third kappa shape index (κ3) is 4.01. The van der Waals surface area contributed by atoms with Crippen molar-refractivity contribution in [3.8, 4) is 0 Å². The number of fused-ring (bicyclic) bond motifs is 1. The highest BCUT2D eigenvalue weighted by Gasteiger charge is 2.30. The third-order valence-corrected chi connectivity index (χ3v) is 5.36. The molecule has 0 radical (unpaired) electrons. The van der Waals surface area contributed by atoms with Gasteiger partial charge in [-0.25, -0.2) is 4.98 Å². The fourth-order valence-electron chi connectivity index (χ4n) is 4.02. The van der Waals surface area contributed by atoms with Crippen LogP contribution in [-0.4, -0.2) is 45.3 Å². The van der Waals surface area contributed by atoms with Gasteiger partial charge in [-0.15, -0.1) is 0 Å². The van der Waals surface area contributed by atoms with Crippen molar-refractivity contribution < 1.29 is 14.4 Å². The summed E-state index contributed by atoms with van der Waals surface area (Å²) in [6, 6.07) is 6.95. The molecule has 1 saturated heterocycles. The fourth-order valence-corrected chi connectivity index (χ4v) is 4.02. The summed E-state index contributed by atoms with van der Waals surface area (Å²) in [6.45, 7) is 3.62. The van der Waals surface area contributed by atoms with Crippen LogP contribution < -0.4 is 10.6 Å². The Morgan fingerprint density at radius 2 is 1.66 bits per heavy atom. The number of hydrogen-bond acceptors (Lipinski definition) is 4. The van der Waals surface area contributed by atoms with E-state index >= 15 is 0 Å². The Labute approximate surface area is 169 Å². The molecule has 1 aromatic carbocycles. The largest absolute Gasteiger partial charge is 0.337 e. The second-order valence-corrected chi connectivity index (χ2v) is 7.55. The Balaban J connectivity index is 1.60. The number of imidazole rings is 1. The lowest BCUT2D eigenvalue weighted by atomic mass is 10.1. The van der Waals surface area contributed by atoms with Crippen molar-refractivity contribution in [1.82, 2.24) is 14.5 Å². The van der Waals surface area contributed by atoms with Crippen LogP contribution in [-0.2, 0) is 17.8 Å². The second-order valence-electron chi connectivity index (χ2n) is 7.55. The van der Waals surface area contributed by atoms with Gasteiger partial charge < -0.3 is 20.1 Å². The van der Waals surface area contributed by atoms with E-state index in [1.54, 1.807) is 24.3 Å². The number of hydrogen-bond donors (Lipinski definition) is 2. The van der Waals surface area contributed by atoms with Crippen LogP contribution in [0.1, 0.15) is 59.4 Å². The SMILES string of the molecule is CC(=O)Nc1cccc(NC(=O)c2nc(C(=O)N3CCCC3)c3n2CCCC3)c1. The van der Waals surface area contributed by atoms with E-state index in [4.69, 9.17) is 0 Å². The number of amides is 3. The van der Waals surface area contributed by atoms with Crippen LogP contribution in [0.5, 0.6) is 0 Å². The lowest BCUT2D eigenvalue weighted by Gasteiger charge is -2.18. The van der Waals surface area contributed by atoms with E-state index in [0.29, 0.717) is 23.6 Å². The summed E-state index contributed by atoms with van der Waals surface area (Å²) in [7, 11) is 0. The Hall–Kier alpha value is -3.16. The number of likely N-dealkylation sites (tertiary alicyclic amines) is 1. The zero-order valence-electron chi connectivity index (χ0n) is 16.5. The van der Waals surface area contributed by atoms with Crippen molar-refractivity contribution in [1.29, 1.82) is 0 Å². The molecule has 29 heavy (non-hydrogen) atoms. The van der Waals surface area contributed by atoms with Gasteiger partial charge in [-0.3, -0.25) is 14.4 Å². The highest BCUT2D eigenvalue weighted by molar-refractivity contribution is 6.04.